The first-order valence-electron chi connectivity index (χ1n) is 4.38. The van der Waals surface area contributed by atoms with Crippen molar-refractivity contribution < 1.29 is 9.66 Å². The molecule has 0 radical (unpaired) electrons. The van der Waals surface area contributed by atoms with E-state index in [1.807, 2.05) is 6.07 Å². The molecule has 0 aliphatic rings. The summed E-state index contributed by atoms with van der Waals surface area (Å²) in [5, 5.41) is 10.8. The highest BCUT2D eigenvalue weighted by atomic mass is 16.6. The first kappa shape index (κ1) is 10.7. The fraction of sp³-hybridized carbons (Fsp3) is 0.400. The van der Waals surface area contributed by atoms with Crippen LogP contribution in [0.15, 0.2) is 30.3 Å². The number of hydrogen-bond acceptors (Lipinski definition) is 3. The van der Waals surface area contributed by atoms with E-state index in [-0.39, 0.29) is 4.92 Å². The molecule has 0 saturated heterocycles. The minimum absolute atomic E-state index is 0.316. The summed E-state index contributed by atoms with van der Waals surface area (Å²) in [5.41, 5.74) is 0.673. The normalized spacial score (nSPS) is 14.7. The Morgan fingerprint density at radius 2 is 1.93 bits per heavy atom. The van der Waals surface area contributed by atoms with Crippen molar-refractivity contribution in [2.24, 2.45) is 0 Å². The molecule has 14 heavy (non-hydrogen) atoms. The number of nitro groups is 1. The molecule has 4 nitrogen and oxygen atoms in total. The summed E-state index contributed by atoms with van der Waals surface area (Å²) in [6.45, 7) is 1.69. The topological polar surface area (TPSA) is 52.4 Å². The molecule has 0 amide bonds. The Balaban J connectivity index is 2.95. The van der Waals surface area contributed by atoms with Gasteiger partial charge >= 0.3 is 0 Å². The highest BCUT2D eigenvalue weighted by Crippen LogP contribution is 2.21. The Bertz CT molecular complexity index is 299. The van der Waals surface area contributed by atoms with Gasteiger partial charge in [0.05, 0.1) is 0 Å². The van der Waals surface area contributed by atoms with Crippen LogP contribution in [0.5, 0.6) is 0 Å². The lowest BCUT2D eigenvalue weighted by Gasteiger charge is -2.15. The van der Waals surface area contributed by atoms with Gasteiger partial charge in [0.2, 0.25) is 0 Å². The van der Waals surface area contributed by atoms with Crippen LogP contribution in [0.3, 0.4) is 0 Å². The van der Waals surface area contributed by atoms with Crippen molar-refractivity contribution in [2.45, 2.75) is 19.1 Å². The van der Waals surface area contributed by atoms with E-state index < -0.39 is 12.1 Å². The number of hydrogen-bond donors (Lipinski definition) is 0. The third-order valence-electron chi connectivity index (χ3n) is 2.18. The maximum absolute atomic E-state index is 10.8. The second kappa shape index (κ2) is 4.72. The number of rotatable bonds is 4. The first-order valence-corrected chi connectivity index (χ1v) is 4.38. The fourth-order valence-electron chi connectivity index (χ4n) is 1.34. The molecular formula is C10H13NO3. The maximum atomic E-state index is 10.8. The van der Waals surface area contributed by atoms with E-state index in [0.717, 1.165) is 0 Å². The van der Waals surface area contributed by atoms with Gasteiger partial charge in [0.25, 0.3) is 6.04 Å². The molecule has 0 heterocycles. The van der Waals surface area contributed by atoms with Gasteiger partial charge in [-0.15, -0.1) is 0 Å². The predicted octanol–water partition coefficient (Wildman–Crippen LogP) is 2.04. The van der Waals surface area contributed by atoms with Crippen molar-refractivity contribution in [2.75, 3.05) is 7.11 Å². The molecular weight excluding hydrogens is 182 g/mol. The number of ether oxygens (including phenoxy) is 1. The number of methoxy groups -OCH3 is 1. The Labute approximate surface area is 82.7 Å². The summed E-state index contributed by atoms with van der Waals surface area (Å²) in [7, 11) is 1.48. The van der Waals surface area contributed by atoms with E-state index >= 15 is 0 Å². The van der Waals surface area contributed by atoms with Crippen LogP contribution < -0.4 is 0 Å². The van der Waals surface area contributed by atoms with E-state index in [4.69, 9.17) is 4.74 Å². The van der Waals surface area contributed by atoms with Gasteiger partial charge < -0.3 is 4.74 Å². The van der Waals surface area contributed by atoms with E-state index in [1.165, 1.54) is 7.11 Å². The monoisotopic (exact) mass is 195 g/mol. The van der Waals surface area contributed by atoms with Crippen molar-refractivity contribution in [1.29, 1.82) is 0 Å². The molecule has 0 aliphatic carbocycles. The second-order valence-corrected chi connectivity index (χ2v) is 3.08. The number of nitrogens with zero attached hydrogens (tertiary/aromatic N) is 1. The lowest BCUT2D eigenvalue weighted by Crippen LogP contribution is -2.24. The lowest BCUT2D eigenvalue weighted by molar-refractivity contribution is -0.540. The Morgan fingerprint density at radius 1 is 1.36 bits per heavy atom. The molecule has 0 saturated carbocycles. The van der Waals surface area contributed by atoms with Gasteiger partial charge in [-0.25, -0.2) is 0 Å². The molecule has 4 heteroatoms. The van der Waals surface area contributed by atoms with Crippen molar-refractivity contribution >= 4 is 0 Å². The van der Waals surface area contributed by atoms with Crippen LogP contribution in [0.2, 0.25) is 0 Å². The number of benzene rings is 1. The molecule has 0 fully saturated rings. The zero-order chi connectivity index (χ0) is 10.6. The smallest absolute Gasteiger partial charge is 0.263 e. The molecule has 0 aliphatic heterocycles. The minimum Gasteiger partial charge on any atom is -0.374 e. The SMILES string of the molecule is COC(C)C(c1ccccc1)[N+](=O)[O-]. The van der Waals surface area contributed by atoms with Crippen LogP contribution in [0, 0.1) is 10.1 Å². The van der Waals surface area contributed by atoms with Crippen LogP contribution in [-0.4, -0.2) is 18.1 Å². The van der Waals surface area contributed by atoms with Gasteiger partial charge in [-0.1, -0.05) is 30.3 Å². The second-order valence-electron chi connectivity index (χ2n) is 3.08. The zero-order valence-electron chi connectivity index (χ0n) is 8.21. The first-order chi connectivity index (χ1) is 6.66. The summed E-state index contributed by atoms with van der Waals surface area (Å²) in [4.78, 5) is 10.5. The van der Waals surface area contributed by atoms with Crippen LogP contribution in [0.4, 0.5) is 0 Å². The summed E-state index contributed by atoms with van der Waals surface area (Å²) < 4.78 is 4.99. The Hall–Kier alpha value is -1.42. The van der Waals surface area contributed by atoms with Crippen LogP contribution in [0.25, 0.3) is 0 Å². The Morgan fingerprint density at radius 3 is 2.36 bits per heavy atom. The van der Waals surface area contributed by atoms with Crippen molar-refractivity contribution in [3.63, 3.8) is 0 Å². The Kier molecular flexibility index (Phi) is 3.59. The molecule has 1 aromatic carbocycles. The highest BCUT2D eigenvalue weighted by Gasteiger charge is 2.29. The van der Waals surface area contributed by atoms with Crippen LogP contribution in [-0.2, 0) is 4.74 Å². The molecule has 1 rings (SSSR count). The summed E-state index contributed by atoms with van der Waals surface area (Å²) in [6, 6.07) is 8.09. The summed E-state index contributed by atoms with van der Waals surface area (Å²) in [6.07, 6.45) is -0.424. The summed E-state index contributed by atoms with van der Waals surface area (Å²) >= 11 is 0. The quantitative estimate of drug-likeness (QED) is 0.545. The molecule has 2 unspecified atom stereocenters. The lowest BCUT2D eigenvalue weighted by atomic mass is 10.0. The average Bonchev–Trinajstić information content (AvgIpc) is 2.19. The van der Waals surface area contributed by atoms with E-state index in [0.29, 0.717) is 5.56 Å². The summed E-state index contributed by atoms with van der Waals surface area (Å²) in [5.74, 6) is 0. The average molecular weight is 195 g/mol. The van der Waals surface area contributed by atoms with Crippen molar-refractivity contribution in [3.8, 4) is 0 Å². The van der Waals surface area contributed by atoms with E-state index in [2.05, 4.69) is 0 Å². The maximum Gasteiger partial charge on any atom is 0.263 e. The molecule has 76 valence electrons. The minimum atomic E-state index is -0.791. The van der Waals surface area contributed by atoms with Gasteiger partial charge in [-0.05, 0) is 6.92 Å². The van der Waals surface area contributed by atoms with Gasteiger partial charge in [-0.2, -0.15) is 0 Å². The van der Waals surface area contributed by atoms with E-state index in [1.54, 1.807) is 31.2 Å². The molecule has 0 spiro atoms. The standard InChI is InChI=1S/C10H13NO3/c1-8(14-2)10(11(12)13)9-6-4-3-5-7-9/h3-8,10H,1-2H3. The largest absolute Gasteiger partial charge is 0.374 e. The highest BCUT2D eigenvalue weighted by molar-refractivity contribution is 5.18. The molecule has 0 N–H and O–H groups in total. The van der Waals surface area contributed by atoms with Crippen LogP contribution >= 0.6 is 0 Å². The van der Waals surface area contributed by atoms with Crippen LogP contribution in [0.1, 0.15) is 18.5 Å². The van der Waals surface area contributed by atoms with Gasteiger partial charge in [-0.3, -0.25) is 10.1 Å². The fourth-order valence-corrected chi connectivity index (χ4v) is 1.34. The van der Waals surface area contributed by atoms with Gasteiger partial charge in [0.15, 0.2) is 0 Å². The molecule has 1 aromatic rings. The van der Waals surface area contributed by atoms with E-state index in [9.17, 15) is 10.1 Å². The van der Waals surface area contributed by atoms with Gasteiger partial charge in [0, 0.05) is 17.6 Å². The third kappa shape index (κ3) is 2.29. The molecule has 0 bridgehead atoms. The molecule has 2 atom stereocenters. The third-order valence-corrected chi connectivity index (χ3v) is 2.18. The molecule has 0 aromatic heterocycles. The van der Waals surface area contributed by atoms with Gasteiger partial charge in [0.1, 0.15) is 6.10 Å². The zero-order valence-corrected chi connectivity index (χ0v) is 8.21. The van der Waals surface area contributed by atoms with Crippen molar-refractivity contribution in [1.82, 2.24) is 0 Å². The van der Waals surface area contributed by atoms with Crippen molar-refractivity contribution in [3.05, 3.63) is 46.0 Å². The predicted molar refractivity (Wildman–Crippen MR) is 52.6 cm³/mol.